The molecule has 2 aliphatic heterocycles. The van der Waals surface area contributed by atoms with Gasteiger partial charge in [0.25, 0.3) is 0 Å². The van der Waals surface area contributed by atoms with E-state index in [2.05, 4.69) is 68.0 Å². The second-order valence-corrected chi connectivity index (χ2v) is 24.6. The quantitative estimate of drug-likeness (QED) is 0.0702. The lowest BCUT2D eigenvalue weighted by Crippen LogP contribution is -2.57. The van der Waals surface area contributed by atoms with Crippen LogP contribution >= 0.6 is 0 Å². The van der Waals surface area contributed by atoms with E-state index in [9.17, 15) is 13.2 Å². The lowest BCUT2D eigenvalue weighted by atomic mass is 9.95. The van der Waals surface area contributed by atoms with Gasteiger partial charge in [0.2, 0.25) is 15.0 Å². The Morgan fingerprint density at radius 2 is 1.63 bits per heavy atom. The molecule has 2 aromatic carbocycles. The normalized spacial score (nSPS) is 17.5. The fraction of sp³-hybridized carbons (Fsp3) is 0.524. The lowest BCUT2D eigenvalue weighted by Gasteiger charge is -2.42. The average Bonchev–Trinajstić information content (AvgIpc) is 3.39. The molecule has 15 heteroatoms. The Morgan fingerprint density at radius 1 is 1.00 bits per heavy atom. The summed E-state index contributed by atoms with van der Waals surface area (Å²) in [6, 6.07) is 5.74. The number of pyridine rings is 1. The molecule has 0 saturated carbocycles. The number of carbonyl (C=O) groups is 1. The number of fused-ring (bicyclic) bond motifs is 4. The first-order valence-electron chi connectivity index (χ1n) is 19.4. The summed E-state index contributed by atoms with van der Waals surface area (Å²) in [7, 11) is -4.89. The van der Waals surface area contributed by atoms with E-state index in [1.165, 1.54) is 19.4 Å². The average molecular weight is 822 g/mol. The molecule has 0 unspecified atom stereocenters. The van der Waals surface area contributed by atoms with Gasteiger partial charge in [-0.3, -0.25) is 9.88 Å². The predicted octanol–water partition coefficient (Wildman–Crippen LogP) is 8.67. The number of aromatic nitrogens is 3. The highest BCUT2D eigenvalue weighted by molar-refractivity contribution is 7.90. The number of hydrogen-bond donors (Lipinski definition) is 0. The highest BCUT2D eigenvalue weighted by atomic mass is 32.2. The monoisotopic (exact) mass is 821 g/mol. The standard InChI is InChI=1S/C42H53F2N5O6SSi/c1-24(2)57(25(3)4,26(5)6)17-16-31-34(43)15-12-27-18-30(54-23-53-10)19-32(35(27)31)37-36(44)38-33(20-45-37)39(47-40(46-38)56(11,51)52)48-21-28-13-14-29(22-48)49(28)41(50)55-42(7,8)9/h12,15,18-20,24-26,28-29H,13-14,21-23H2,1-11H3/t28-,29+. The summed E-state index contributed by atoms with van der Waals surface area (Å²) >= 11 is 0. The third-order valence-corrected chi connectivity index (χ3v) is 18.4. The molecular formula is C42H53F2N5O6SSi. The Hall–Kier alpha value is -4.39. The number of benzene rings is 2. The third kappa shape index (κ3) is 8.05. The molecule has 2 aromatic heterocycles. The van der Waals surface area contributed by atoms with Gasteiger partial charge in [-0.25, -0.2) is 32.0 Å². The van der Waals surface area contributed by atoms with E-state index in [4.69, 9.17) is 14.2 Å². The Labute approximate surface area is 335 Å². The highest BCUT2D eigenvalue weighted by Gasteiger charge is 2.45. The summed E-state index contributed by atoms with van der Waals surface area (Å²) in [4.78, 5) is 30.2. The van der Waals surface area contributed by atoms with E-state index in [1.807, 2.05) is 25.7 Å². The van der Waals surface area contributed by atoms with Crippen LogP contribution in [-0.4, -0.2) is 93.4 Å². The molecule has 11 nitrogen and oxygen atoms in total. The number of amides is 1. The lowest BCUT2D eigenvalue weighted by molar-refractivity contribution is 0.0122. The molecule has 0 N–H and O–H groups in total. The number of methoxy groups -OCH3 is 1. The number of halogens is 2. The zero-order valence-corrected chi connectivity index (χ0v) is 36.5. The second kappa shape index (κ2) is 15.7. The summed E-state index contributed by atoms with van der Waals surface area (Å²) in [6.07, 6.45) is 3.40. The number of hydrogen-bond acceptors (Lipinski definition) is 10. The van der Waals surface area contributed by atoms with Crippen LogP contribution in [-0.2, 0) is 19.3 Å². The molecule has 306 valence electrons. The first-order valence-corrected chi connectivity index (χ1v) is 23.5. The largest absolute Gasteiger partial charge is 0.468 e. The molecule has 4 aromatic rings. The number of carbonyl (C=O) groups excluding carboxylic acids is 1. The summed E-state index contributed by atoms with van der Waals surface area (Å²) < 4.78 is 76.3. The smallest absolute Gasteiger partial charge is 0.410 e. The number of ether oxygens (including phenoxy) is 3. The maximum absolute atomic E-state index is 17.4. The number of rotatable bonds is 9. The van der Waals surface area contributed by atoms with Gasteiger partial charge < -0.3 is 19.1 Å². The van der Waals surface area contributed by atoms with Crippen LogP contribution in [0, 0.1) is 23.1 Å². The molecule has 0 spiro atoms. The molecular weight excluding hydrogens is 769 g/mol. The van der Waals surface area contributed by atoms with Gasteiger partial charge in [-0.15, -0.1) is 5.54 Å². The van der Waals surface area contributed by atoms with Crippen molar-refractivity contribution in [2.45, 2.75) is 115 Å². The first kappa shape index (κ1) is 42.2. The number of nitrogens with zero attached hydrogens (tertiary/aromatic N) is 5. The highest BCUT2D eigenvalue weighted by Crippen LogP contribution is 2.43. The summed E-state index contributed by atoms with van der Waals surface area (Å²) in [5.74, 6) is 2.29. The van der Waals surface area contributed by atoms with E-state index in [0.29, 0.717) is 42.5 Å². The minimum atomic E-state index is -4.03. The molecule has 0 radical (unpaired) electrons. The van der Waals surface area contributed by atoms with E-state index < -0.39 is 46.4 Å². The summed E-state index contributed by atoms with van der Waals surface area (Å²) in [5.41, 5.74) is 3.63. The predicted molar refractivity (Wildman–Crippen MR) is 221 cm³/mol. The molecule has 57 heavy (non-hydrogen) atoms. The van der Waals surface area contributed by atoms with Crippen molar-refractivity contribution >= 4 is 51.5 Å². The molecule has 0 aliphatic carbocycles. The topological polar surface area (TPSA) is 124 Å². The van der Waals surface area contributed by atoms with Gasteiger partial charge in [0.15, 0.2) is 12.6 Å². The van der Waals surface area contributed by atoms with Crippen LogP contribution in [0.5, 0.6) is 5.75 Å². The van der Waals surface area contributed by atoms with Gasteiger partial charge in [-0.05, 0) is 73.8 Å². The van der Waals surface area contributed by atoms with Crippen molar-refractivity contribution < 1.29 is 36.2 Å². The second-order valence-electron chi connectivity index (χ2n) is 17.2. The molecule has 1 amide bonds. The molecule has 2 atom stereocenters. The van der Waals surface area contributed by atoms with Crippen molar-refractivity contribution in [1.82, 2.24) is 19.9 Å². The molecule has 2 aliphatic rings. The number of sulfone groups is 1. The van der Waals surface area contributed by atoms with Crippen LogP contribution < -0.4 is 9.64 Å². The molecule has 4 heterocycles. The van der Waals surface area contributed by atoms with Gasteiger partial charge >= 0.3 is 6.09 Å². The van der Waals surface area contributed by atoms with Gasteiger partial charge in [0.1, 0.15) is 42.3 Å². The van der Waals surface area contributed by atoms with Crippen LogP contribution in [0.3, 0.4) is 0 Å². The minimum Gasteiger partial charge on any atom is -0.468 e. The Balaban J connectivity index is 1.57. The van der Waals surface area contributed by atoms with Crippen molar-refractivity contribution in [3.8, 4) is 28.5 Å². The van der Waals surface area contributed by atoms with Crippen LogP contribution in [0.25, 0.3) is 32.9 Å². The van der Waals surface area contributed by atoms with Crippen molar-refractivity contribution in [2.75, 3.05) is 38.1 Å². The molecule has 6 rings (SSSR count). The maximum atomic E-state index is 17.4. The van der Waals surface area contributed by atoms with E-state index >= 15 is 8.78 Å². The minimum absolute atomic E-state index is 0.102. The number of anilines is 1. The van der Waals surface area contributed by atoms with E-state index in [0.717, 1.165) is 6.26 Å². The van der Waals surface area contributed by atoms with Gasteiger partial charge in [0.05, 0.1) is 23.0 Å². The zero-order valence-electron chi connectivity index (χ0n) is 34.7. The van der Waals surface area contributed by atoms with Crippen LogP contribution in [0.4, 0.5) is 19.4 Å². The first-order chi connectivity index (χ1) is 26.7. The van der Waals surface area contributed by atoms with Crippen LogP contribution in [0.2, 0.25) is 16.6 Å². The van der Waals surface area contributed by atoms with E-state index in [1.54, 1.807) is 23.1 Å². The Bertz CT molecular complexity index is 2360. The van der Waals surface area contributed by atoms with Gasteiger partial charge in [-0.2, -0.15) is 0 Å². The Morgan fingerprint density at radius 3 is 2.19 bits per heavy atom. The maximum Gasteiger partial charge on any atom is 0.410 e. The Kier molecular flexibility index (Phi) is 11.7. The summed E-state index contributed by atoms with van der Waals surface area (Å²) in [5, 5.41) is 0.511. The molecule has 2 bridgehead atoms. The summed E-state index contributed by atoms with van der Waals surface area (Å²) in [6.45, 7) is 19.0. The SMILES string of the molecule is COCOc1cc(-c2ncc3c(N4C[C@H]5CC[C@@H](C4)N5C(=O)OC(C)(C)C)nc(S(C)(=O)=O)nc3c2F)c2c(C#C[Si](C(C)C)(C(C)C)C(C)C)c(F)ccc2c1. The van der Waals surface area contributed by atoms with Gasteiger partial charge in [-0.1, -0.05) is 53.5 Å². The number of piperazine rings is 1. The van der Waals surface area contributed by atoms with Gasteiger partial charge in [0, 0.05) is 43.6 Å². The van der Waals surface area contributed by atoms with Crippen molar-refractivity contribution in [1.29, 1.82) is 0 Å². The van der Waals surface area contributed by atoms with Crippen LogP contribution in [0.15, 0.2) is 35.6 Å². The van der Waals surface area contributed by atoms with Crippen LogP contribution in [0.1, 0.15) is 80.7 Å². The fourth-order valence-electron chi connectivity index (χ4n) is 8.84. The van der Waals surface area contributed by atoms with Crippen molar-refractivity contribution in [2.24, 2.45) is 0 Å². The third-order valence-electron chi connectivity index (χ3n) is 11.3. The van der Waals surface area contributed by atoms with Crippen molar-refractivity contribution in [3.63, 3.8) is 0 Å². The molecule has 2 saturated heterocycles. The molecule has 2 fully saturated rings. The zero-order chi connectivity index (χ0) is 41.8. The fourth-order valence-corrected chi connectivity index (χ4v) is 14.6. The van der Waals surface area contributed by atoms with E-state index in [-0.39, 0.29) is 69.0 Å². The van der Waals surface area contributed by atoms with Crippen molar-refractivity contribution in [3.05, 3.63) is 47.7 Å².